The third kappa shape index (κ3) is 3.53. The number of nitrogens with one attached hydrogen (secondary N) is 1. The minimum atomic E-state index is -1.50. The number of likely N-dealkylation sites (N-methyl/N-ethyl adjacent to an activating group) is 2. The lowest BCUT2D eigenvalue weighted by Gasteiger charge is -2.40. The van der Waals surface area contributed by atoms with E-state index in [1.165, 1.54) is 0 Å². The van der Waals surface area contributed by atoms with Gasteiger partial charge in [0, 0.05) is 50.7 Å². The van der Waals surface area contributed by atoms with Gasteiger partial charge in [-0.2, -0.15) is 0 Å². The van der Waals surface area contributed by atoms with Crippen LogP contribution in [0, 0.1) is 17.5 Å². The van der Waals surface area contributed by atoms with Crippen LogP contribution in [0.2, 0.25) is 0 Å². The van der Waals surface area contributed by atoms with Crippen LogP contribution in [0.5, 0.6) is 5.75 Å². The summed E-state index contributed by atoms with van der Waals surface area (Å²) in [6.45, 7) is 4.38. The number of rotatable bonds is 5. The van der Waals surface area contributed by atoms with Crippen molar-refractivity contribution in [1.29, 1.82) is 0 Å². The van der Waals surface area contributed by atoms with Crippen molar-refractivity contribution in [2.75, 3.05) is 28.7 Å². The minimum Gasteiger partial charge on any atom is -0.490 e. The Balaban J connectivity index is 1.39. The van der Waals surface area contributed by atoms with Crippen LogP contribution < -0.4 is 19.9 Å². The maximum atomic E-state index is 13.3. The topological polar surface area (TPSA) is 57.7 Å². The summed E-state index contributed by atoms with van der Waals surface area (Å²) in [4.78, 5) is 20.5. The molecule has 1 fully saturated rings. The number of hydrogen-bond acceptors (Lipinski definition) is 5. The van der Waals surface area contributed by atoms with E-state index in [2.05, 4.69) is 10.3 Å². The largest absolute Gasteiger partial charge is 0.490 e. The third-order valence-electron chi connectivity index (χ3n) is 5.76. The van der Waals surface area contributed by atoms with Gasteiger partial charge in [-0.25, -0.2) is 18.2 Å². The first-order valence-corrected chi connectivity index (χ1v) is 9.90. The number of ether oxygens (including phenoxy) is 1. The Hall–Kier alpha value is -2.97. The number of halogens is 3. The number of fused-ring (bicyclic) bond motifs is 1. The van der Waals surface area contributed by atoms with Crippen LogP contribution in [0.15, 0.2) is 24.4 Å². The second kappa shape index (κ2) is 7.70. The molecule has 1 aromatic carbocycles. The van der Waals surface area contributed by atoms with Gasteiger partial charge < -0.3 is 19.9 Å². The number of carbonyl (C=O) groups is 1. The van der Waals surface area contributed by atoms with Crippen LogP contribution in [0.3, 0.4) is 0 Å². The molecule has 0 bridgehead atoms. The zero-order valence-electron chi connectivity index (χ0n) is 17.0. The molecule has 160 valence electrons. The molecule has 0 saturated heterocycles. The van der Waals surface area contributed by atoms with Crippen molar-refractivity contribution in [3.8, 4) is 5.75 Å². The van der Waals surface area contributed by atoms with Crippen molar-refractivity contribution in [3.05, 3.63) is 41.8 Å². The first kappa shape index (κ1) is 20.3. The molecule has 0 spiro atoms. The summed E-state index contributed by atoms with van der Waals surface area (Å²) in [6, 6.07) is 3.45. The molecule has 1 aromatic heterocycles. The smallest absolute Gasteiger partial charge is 0.249 e. The predicted octanol–water partition coefficient (Wildman–Crippen LogP) is 3.71. The molecule has 0 radical (unpaired) electrons. The van der Waals surface area contributed by atoms with E-state index in [9.17, 15) is 18.0 Å². The third-order valence-corrected chi connectivity index (χ3v) is 5.76. The zero-order chi connectivity index (χ0) is 21.6. The maximum Gasteiger partial charge on any atom is 0.249 e. The summed E-state index contributed by atoms with van der Waals surface area (Å²) in [5, 5.41) is 3.33. The second-order valence-electron chi connectivity index (χ2n) is 7.68. The lowest BCUT2D eigenvalue weighted by Crippen LogP contribution is -2.50. The summed E-state index contributed by atoms with van der Waals surface area (Å²) in [5.41, 5.74) is 1.70. The van der Waals surface area contributed by atoms with Crippen LogP contribution in [0.4, 0.5) is 30.4 Å². The predicted molar refractivity (Wildman–Crippen MR) is 108 cm³/mol. The Morgan fingerprint density at radius 3 is 2.47 bits per heavy atom. The van der Waals surface area contributed by atoms with Gasteiger partial charge in [0.25, 0.3) is 0 Å². The van der Waals surface area contributed by atoms with Gasteiger partial charge in [-0.1, -0.05) is 0 Å². The summed E-state index contributed by atoms with van der Waals surface area (Å²) in [5.74, 6) is -3.34. The van der Waals surface area contributed by atoms with Crippen molar-refractivity contribution in [3.63, 3.8) is 0 Å². The molecule has 1 amide bonds. The fourth-order valence-electron chi connectivity index (χ4n) is 3.83. The Bertz CT molecular complexity index is 958. The lowest BCUT2D eigenvalue weighted by molar-refractivity contribution is -0.119. The maximum absolute atomic E-state index is 13.3. The van der Waals surface area contributed by atoms with E-state index < -0.39 is 17.5 Å². The van der Waals surface area contributed by atoms with Gasteiger partial charge in [-0.15, -0.1) is 0 Å². The molecule has 1 atom stereocenters. The number of aromatic nitrogens is 1. The van der Waals surface area contributed by atoms with Crippen molar-refractivity contribution in [2.24, 2.45) is 0 Å². The quantitative estimate of drug-likeness (QED) is 0.748. The molecule has 1 saturated carbocycles. The van der Waals surface area contributed by atoms with E-state index in [4.69, 9.17) is 4.74 Å². The van der Waals surface area contributed by atoms with Crippen molar-refractivity contribution in [1.82, 2.24) is 4.98 Å². The number of pyridine rings is 1. The van der Waals surface area contributed by atoms with Crippen LogP contribution >= 0.6 is 0 Å². The van der Waals surface area contributed by atoms with Gasteiger partial charge in [0.1, 0.15) is 23.7 Å². The molecule has 1 N–H and O–H groups in total. The highest BCUT2D eigenvalue weighted by Gasteiger charge is 2.35. The van der Waals surface area contributed by atoms with E-state index in [1.807, 2.05) is 31.9 Å². The summed E-state index contributed by atoms with van der Waals surface area (Å²) < 4.78 is 45.2. The van der Waals surface area contributed by atoms with Crippen molar-refractivity contribution in [2.45, 2.75) is 44.9 Å². The van der Waals surface area contributed by atoms with Crippen LogP contribution in [-0.2, 0) is 4.79 Å². The SMILES string of the molecule is CCN1C(=O)C(C)N(C)c2cc(NC3CC(Oc4cc(F)c(F)c(F)c4)C3)ncc21. The number of hydrogen-bond donors (Lipinski definition) is 1. The first-order chi connectivity index (χ1) is 14.3. The van der Waals surface area contributed by atoms with Crippen LogP contribution in [0.25, 0.3) is 0 Å². The van der Waals surface area contributed by atoms with Crippen LogP contribution in [0.1, 0.15) is 26.7 Å². The minimum absolute atomic E-state index is 0.0262. The van der Waals surface area contributed by atoms with Gasteiger partial charge in [0.05, 0.1) is 17.6 Å². The average molecular weight is 420 g/mol. The second-order valence-corrected chi connectivity index (χ2v) is 7.68. The average Bonchev–Trinajstić information content (AvgIpc) is 2.69. The zero-order valence-corrected chi connectivity index (χ0v) is 17.0. The van der Waals surface area contributed by atoms with Gasteiger partial charge in [0.2, 0.25) is 5.91 Å². The van der Waals surface area contributed by atoms with E-state index >= 15 is 0 Å². The van der Waals surface area contributed by atoms with Gasteiger partial charge in [-0.05, 0) is 13.8 Å². The summed E-state index contributed by atoms with van der Waals surface area (Å²) >= 11 is 0. The van der Waals surface area contributed by atoms with Gasteiger partial charge in [-0.3, -0.25) is 4.79 Å². The molecule has 1 aliphatic carbocycles. The van der Waals surface area contributed by atoms with E-state index in [0.29, 0.717) is 25.2 Å². The number of nitrogens with zero attached hydrogens (tertiary/aromatic N) is 3. The monoisotopic (exact) mass is 420 g/mol. The molecule has 2 aromatic rings. The van der Waals surface area contributed by atoms with E-state index in [-0.39, 0.29) is 29.8 Å². The molecule has 1 unspecified atom stereocenters. The molecule has 6 nitrogen and oxygen atoms in total. The molecule has 30 heavy (non-hydrogen) atoms. The first-order valence-electron chi connectivity index (χ1n) is 9.90. The molecular weight excluding hydrogens is 397 g/mol. The molecule has 1 aliphatic heterocycles. The highest BCUT2D eigenvalue weighted by atomic mass is 19.2. The Kier molecular flexibility index (Phi) is 5.21. The van der Waals surface area contributed by atoms with E-state index in [1.54, 1.807) is 11.1 Å². The molecule has 4 rings (SSSR count). The highest BCUT2D eigenvalue weighted by molar-refractivity contribution is 6.05. The number of benzene rings is 1. The molecule has 9 heteroatoms. The van der Waals surface area contributed by atoms with Gasteiger partial charge in [0.15, 0.2) is 17.5 Å². The highest BCUT2D eigenvalue weighted by Crippen LogP contribution is 2.37. The fourth-order valence-corrected chi connectivity index (χ4v) is 3.83. The lowest BCUT2D eigenvalue weighted by atomic mass is 9.89. The fraction of sp³-hybridized carbons (Fsp3) is 0.429. The Labute approximate surface area is 172 Å². The standard InChI is InChI=1S/C21H23F3N4O2/c1-4-28-18-10-25-19(9-17(18)27(3)11(2)21(28)29)26-12-5-13(6-12)30-14-7-15(22)20(24)16(23)8-14/h7-13H,4-6H2,1-3H3,(H,25,26). The van der Waals surface area contributed by atoms with Crippen molar-refractivity contribution < 1.29 is 22.7 Å². The van der Waals surface area contributed by atoms with Crippen LogP contribution in [-0.4, -0.2) is 42.7 Å². The van der Waals surface area contributed by atoms with E-state index in [0.717, 1.165) is 23.5 Å². The van der Waals surface area contributed by atoms with Crippen molar-refractivity contribution >= 4 is 23.1 Å². The molecule has 2 aliphatic rings. The molecular formula is C21H23F3N4O2. The number of anilines is 3. The summed E-state index contributed by atoms with van der Waals surface area (Å²) in [6.07, 6.45) is 2.70. The number of amides is 1. The normalized spacial score (nSPS) is 23.1. The van der Waals surface area contributed by atoms with Gasteiger partial charge >= 0.3 is 0 Å². The molecule has 2 heterocycles. The summed E-state index contributed by atoms with van der Waals surface area (Å²) in [7, 11) is 1.88. The Morgan fingerprint density at radius 1 is 1.17 bits per heavy atom. The number of carbonyl (C=O) groups excluding carboxylic acids is 1. The Morgan fingerprint density at radius 2 is 1.83 bits per heavy atom.